The zero-order chi connectivity index (χ0) is 30.0. The molecule has 3 unspecified atom stereocenters. The summed E-state index contributed by atoms with van der Waals surface area (Å²) < 4.78 is 0. The molecule has 11 nitrogen and oxygen atoms in total. The number of phenols is 1. The minimum atomic E-state index is -2.73. The van der Waals surface area contributed by atoms with Crippen molar-refractivity contribution in [1.29, 1.82) is 0 Å². The molecule has 0 aliphatic heterocycles. The highest BCUT2D eigenvalue weighted by Gasteiger charge is 2.69. The minimum absolute atomic E-state index is 0.0256. The standard InChI is InChI=1S/C30H33N3O8/c1-13(34)32-12-16-10-17(14-7-5-4-6-8-14)18-9-15-11-19-23(33(2)3)26(37)22(29(31)40)28(39)30(19,41)27(38)20(15)25(36)21(18)24(16)35/h4-8,10,15,19-20,22-23,26,35,37,41H,9,11-12H2,1-3H3,(H2,31,40)(H,32,34)/t15-,19-,20?,22?,23-,26?,30-/m1/s1. The molecule has 0 radical (unpaired) electrons. The Hall–Kier alpha value is -3.93. The van der Waals surface area contributed by atoms with E-state index in [2.05, 4.69) is 5.32 Å². The van der Waals surface area contributed by atoms with E-state index in [0.717, 1.165) is 5.56 Å². The average molecular weight is 564 g/mol. The number of amides is 2. The lowest BCUT2D eigenvalue weighted by Crippen LogP contribution is -2.75. The molecule has 3 aliphatic rings. The first-order chi connectivity index (χ1) is 19.3. The molecular weight excluding hydrogens is 530 g/mol. The molecule has 216 valence electrons. The predicted molar refractivity (Wildman–Crippen MR) is 145 cm³/mol. The fraction of sp³-hybridized carbons (Fsp3) is 0.433. The number of aliphatic hydroxyl groups excluding tert-OH is 1. The van der Waals surface area contributed by atoms with Crippen molar-refractivity contribution >= 4 is 29.2 Å². The first-order valence-electron chi connectivity index (χ1n) is 13.5. The van der Waals surface area contributed by atoms with E-state index >= 15 is 0 Å². The van der Waals surface area contributed by atoms with Crippen molar-refractivity contribution in [3.8, 4) is 16.9 Å². The molecule has 0 aromatic heterocycles. The van der Waals surface area contributed by atoms with Crippen molar-refractivity contribution in [2.24, 2.45) is 29.4 Å². The molecule has 0 saturated heterocycles. The van der Waals surface area contributed by atoms with E-state index in [0.29, 0.717) is 11.1 Å². The normalized spacial score (nSPS) is 30.8. The molecule has 2 fully saturated rings. The van der Waals surface area contributed by atoms with Crippen LogP contribution in [0.25, 0.3) is 11.1 Å². The number of hydrogen-bond acceptors (Lipinski definition) is 9. The number of hydrogen-bond donors (Lipinski definition) is 5. The van der Waals surface area contributed by atoms with Crippen LogP contribution in [0.5, 0.6) is 5.75 Å². The number of primary amides is 1. The number of nitrogens with one attached hydrogen (secondary N) is 1. The van der Waals surface area contributed by atoms with Crippen LogP contribution in [0.4, 0.5) is 0 Å². The second-order valence-electron chi connectivity index (χ2n) is 11.5. The van der Waals surface area contributed by atoms with E-state index in [4.69, 9.17) is 5.73 Å². The first-order valence-corrected chi connectivity index (χ1v) is 13.5. The number of aromatic hydroxyl groups is 1. The van der Waals surface area contributed by atoms with Crippen molar-refractivity contribution in [3.05, 3.63) is 53.1 Å². The summed E-state index contributed by atoms with van der Waals surface area (Å²) in [5, 5.41) is 36.7. The minimum Gasteiger partial charge on any atom is -0.507 e. The lowest BCUT2D eigenvalue weighted by molar-refractivity contribution is -0.190. The van der Waals surface area contributed by atoms with Gasteiger partial charge in [-0.1, -0.05) is 30.3 Å². The van der Waals surface area contributed by atoms with Gasteiger partial charge in [-0.3, -0.25) is 24.0 Å². The van der Waals surface area contributed by atoms with Gasteiger partial charge in [0, 0.05) is 31.0 Å². The highest BCUT2D eigenvalue weighted by atomic mass is 16.3. The number of nitrogens with zero attached hydrogens (tertiary/aromatic N) is 1. The van der Waals surface area contributed by atoms with Gasteiger partial charge in [-0.2, -0.15) is 0 Å². The predicted octanol–water partition coefficient (Wildman–Crippen LogP) is -0.0381. The summed E-state index contributed by atoms with van der Waals surface area (Å²) in [5.41, 5.74) is 4.80. The van der Waals surface area contributed by atoms with Gasteiger partial charge in [0.1, 0.15) is 11.7 Å². The second-order valence-corrected chi connectivity index (χ2v) is 11.5. The Kier molecular flexibility index (Phi) is 7.09. The van der Waals surface area contributed by atoms with Gasteiger partial charge in [0.2, 0.25) is 11.8 Å². The summed E-state index contributed by atoms with van der Waals surface area (Å²) >= 11 is 0. The molecule has 3 aliphatic carbocycles. The number of carbonyl (C=O) groups excluding carboxylic acids is 5. The Balaban J connectivity index is 1.68. The number of ketones is 3. The third kappa shape index (κ3) is 4.27. The van der Waals surface area contributed by atoms with Gasteiger partial charge in [-0.15, -0.1) is 0 Å². The van der Waals surface area contributed by atoms with Gasteiger partial charge in [0.25, 0.3) is 0 Å². The number of Topliss-reactive ketones (excluding diaryl/α,β-unsaturated/α-hetero) is 3. The van der Waals surface area contributed by atoms with Crippen LogP contribution >= 0.6 is 0 Å². The molecule has 2 aromatic carbocycles. The van der Waals surface area contributed by atoms with Gasteiger partial charge < -0.3 is 31.3 Å². The monoisotopic (exact) mass is 563 g/mol. The van der Waals surface area contributed by atoms with Crippen LogP contribution in [0, 0.1) is 23.7 Å². The number of carbonyl (C=O) groups is 5. The number of likely N-dealkylation sites (N-methyl/N-ethyl adjacent to an activating group) is 1. The van der Waals surface area contributed by atoms with Gasteiger partial charge >= 0.3 is 0 Å². The molecule has 41 heavy (non-hydrogen) atoms. The Labute approximate surface area is 236 Å². The van der Waals surface area contributed by atoms with E-state index in [1.54, 1.807) is 25.1 Å². The number of nitrogens with two attached hydrogens (primary N) is 1. The number of fused-ring (bicyclic) bond motifs is 3. The van der Waals surface area contributed by atoms with Crippen LogP contribution in [0.15, 0.2) is 36.4 Å². The molecule has 2 aromatic rings. The topological polar surface area (TPSA) is 187 Å². The van der Waals surface area contributed by atoms with Gasteiger partial charge in [-0.25, -0.2) is 0 Å². The largest absolute Gasteiger partial charge is 0.507 e. The van der Waals surface area contributed by atoms with Crippen LogP contribution in [-0.2, 0) is 32.1 Å². The molecule has 2 amide bonds. The van der Waals surface area contributed by atoms with Crippen molar-refractivity contribution in [3.63, 3.8) is 0 Å². The van der Waals surface area contributed by atoms with Crippen LogP contribution in [0.2, 0.25) is 0 Å². The first kappa shape index (κ1) is 28.6. The summed E-state index contributed by atoms with van der Waals surface area (Å²) in [6, 6.07) is 9.91. The smallest absolute Gasteiger partial charge is 0.230 e. The molecule has 7 atom stereocenters. The SMILES string of the molecule is CC(=O)NCc1cc(-c2ccccc2)c2c(c1O)C(=O)C1C(=O)[C@@]3(O)C(=O)C(C(N)=O)C(O)[C@H](N(C)C)[C@H]3C[C@H]1C2. The van der Waals surface area contributed by atoms with E-state index in [9.17, 15) is 39.3 Å². The lowest BCUT2D eigenvalue weighted by Gasteiger charge is -2.55. The molecule has 6 N–H and O–H groups in total. The maximum atomic E-state index is 14.1. The maximum absolute atomic E-state index is 14.1. The van der Waals surface area contributed by atoms with Crippen molar-refractivity contribution in [1.82, 2.24) is 10.2 Å². The Morgan fingerprint density at radius 2 is 1.78 bits per heavy atom. The highest BCUT2D eigenvalue weighted by molar-refractivity contribution is 6.25. The molecule has 11 heteroatoms. The van der Waals surface area contributed by atoms with Crippen LogP contribution < -0.4 is 11.1 Å². The lowest BCUT2D eigenvalue weighted by atomic mass is 9.52. The van der Waals surface area contributed by atoms with E-state index < -0.39 is 64.7 Å². The van der Waals surface area contributed by atoms with Crippen LogP contribution in [0.1, 0.15) is 34.8 Å². The maximum Gasteiger partial charge on any atom is 0.230 e. The Bertz CT molecular complexity index is 1470. The van der Waals surface area contributed by atoms with Crippen molar-refractivity contribution in [2.75, 3.05) is 14.1 Å². The Morgan fingerprint density at radius 3 is 2.37 bits per heavy atom. The summed E-state index contributed by atoms with van der Waals surface area (Å²) in [6.07, 6.45) is -1.36. The fourth-order valence-electron chi connectivity index (χ4n) is 7.17. The molecule has 2 saturated carbocycles. The number of benzene rings is 2. The molecule has 0 heterocycles. The molecule has 5 rings (SSSR count). The third-order valence-electron chi connectivity index (χ3n) is 8.98. The fourth-order valence-corrected chi connectivity index (χ4v) is 7.17. The van der Waals surface area contributed by atoms with Crippen molar-refractivity contribution < 1.29 is 39.3 Å². The van der Waals surface area contributed by atoms with Crippen molar-refractivity contribution in [2.45, 2.75) is 44.1 Å². The average Bonchev–Trinajstić information content (AvgIpc) is 2.90. The number of rotatable bonds is 5. The zero-order valence-electron chi connectivity index (χ0n) is 23.0. The number of aliphatic hydroxyl groups is 2. The molecule has 0 bridgehead atoms. The summed E-state index contributed by atoms with van der Waals surface area (Å²) in [7, 11) is 3.20. The van der Waals surface area contributed by atoms with Crippen LogP contribution in [0.3, 0.4) is 0 Å². The third-order valence-corrected chi connectivity index (χ3v) is 8.98. The van der Waals surface area contributed by atoms with E-state index in [1.807, 2.05) is 30.3 Å². The molecular formula is C30H33N3O8. The van der Waals surface area contributed by atoms with Gasteiger partial charge in [0.15, 0.2) is 23.0 Å². The summed E-state index contributed by atoms with van der Waals surface area (Å²) in [6.45, 7) is 1.25. The summed E-state index contributed by atoms with van der Waals surface area (Å²) in [4.78, 5) is 67.1. The quantitative estimate of drug-likeness (QED) is 0.311. The summed E-state index contributed by atoms with van der Waals surface area (Å²) in [5.74, 6) is -9.98. The number of phenolic OH excluding ortho intramolecular Hbond substituents is 1. The van der Waals surface area contributed by atoms with Crippen LogP contribution in [-0.4, -0.2) is 81.2 Å². The zero-order valence-corrected chi connectivity index (χ0v) is 23.0. The Morgan fingerprint density at radius 1 is 1.12 bits per heavy atom. The van der Waals surface area contributed by atoms with E-state index in [1.165, 1.54) is 6.92 Å². The van der Waals surface area contributed by atoms with Gasteiger partial charge in [-0.05, 0) is 55.6 Å². The second kappa shape index (κ2) is 10.2. The highest BCUT2D eigenvalue weighted by Crippen LogP contribution is 2.52. The van der Waals surface area contributed by atoms with Gasteiger partial charge in [0.05, 0.1) is 17.6 Å². The molecule has 0 spiro atoms. The van der Waals surface area contributed by atoms with E-state index in [-0.39, 0.29) is 42.2 Å².